The lowest BCUT2D eigenvalue weighted by Gasteiger charge is -2.27. The van der Waals surface area contributed by atoms with Crippen molar-refractivity contribution in [2.24, 2.45) is 0 Å². The van der Waals surface area contributed by atoms with E-state index in [1.807, 2.05) is 22.7 Å². The number of hydrogen-bond donors (Lipinski definition) is 1. The lowest BCUT2D eigenvalue weighted by atomic mass is 9.94. The number of rotatable bonds is 4. The molecule has 1 fully saturated rings. The zero-order valence-electron chi connectivity index (χ0n) is 10.5. The molecule has 1 saturated carbocycles. The summed E-state index contributed by atoms with van der Waals surface area (Å²) < 4.78 is 0. The van der Waals surface area contributed by atoms with E-state index < -0.39 is 0 Å². The Hall–Kier alpha value is -0.640. The number of thiophene rings is 2. The van der Waals surface area contributed by atoms with Crippen LogP contribution in [-0.2, 0) is 0 Å². The fraction of sp³-hybridized carbons (Fsp3) is 0.467. The summed E-state index contributed by atoms with van der Waals surface area (Å²) in [6.45, 7) is 0. The molecule has 1 aliphatic rings. The molecule has 0 unspecified atom stereocenters. The zero-order chi connectivity index (χ0) is 12.2. The molecule has 0 saturated heterocycles. The lowest BCUT2D eigenvalue weighted by Crippen LogP contribution is -2.34. The largest absolute Gasteiger partial charge is 0.302 e. The first-order valence-electron chi connectivity index (χ1n) is 6.76. The molecule has 1 aliphatic carbocycles. The van der Waals surface area contributed by atoms with Gasteiger partial charge in [-0.25, -0.2) is 0 Å². The van der Waals surface area contributed by atoms with Crippen molar-refractivity contribution < 1.29 is 0 Å². The van der Waals surface area contributed by atoms with Gasteiger partial charge in [0.25, 0.3) is 0 Å². The van der Waals surface area contributed by atoms with Crippen molar-refractivity contribution in [2.45, 2.75) is 44.2 Å². The third-order valence-corrected chi connectivity index (χ3v) is 5.54. The molecule has 3 rings (SSSR count). The average Bonchev–Trinajstić information content (AvgIpc) is 3.11. The molecule has 3 heteroatoms. The maximum Gasteiger partial charge on any atom is 0.0766 e. The molecule has 18 heavy (non-hydrogen) atoms. The molecule has 0 atom stereocenters. The van der Waals surface area contributed by atoms with Crippen molar-refractivity contribution in [3.63, 3.8) is 0 Å². The summed E-state index contributed by atoms with van der Waals surface area (Å²) in [5, 5.41) is 8.24. The van der Waals surface area contributed by atoms with Crippen molar-refractivity contribution in [3.05, 3.63) is 44.8 Å². The van der Waals surface area contributed by atoms with Crippen LogP contribution in [0.1, 0.15) is 47.9 Å². The van der Waals surface area contributed by atoms with Crippen molar-refractivity contribution in [1.29, 1.82) is 0 Å². The lowest BCUT2D eigenvalue weighted by molar-refractivity contribution is 0.357. The standard InChI is InChI=1S/C15H19NS2/c1-2-6-12(7-3-1)16-15(13-8-4-10-17-13)14-9-5-11-18-14/h4-5,8-12,15-16H,1-3,6-7H2. The van der Waals surface area contributed by atoms with Gasteiger partial charge in [0.15, 0.2) is 0 Å². The van der Waals surface area contributed by atoms with Gasteiger partial charge in [-0.1, -0.05) is 31.4 Å². The monoisotopic (exact) mass is 277 g/mol. The average molecular weight is 277 g/mol. The second kappa shape index (κ2) is 6.00. The van der Waals surface area contributed by atoms with Crippen LogP contribution < -0.4 is 5.32 Å². The molecule has 0 bridgehead atoms. The molecular weight excluding hydrogens is 258 g/mol. The SMILES string of the molecule is c1csc(C(NC2CCCCC2)c2cccs2)c1. The summed E-state index contributed by atoms with van der Waals surface area (Å²) in [6, 6.07) is 9.93. The Kier molecular flexibility index (Phi) is 4.13. The molecule has 2 heterocycles. The van der Waals surface area contributed by atoms with Gasteiger partial charge >= 0.3 is 0 Å². The highest BCUT2D eigenvalue weighted by Crippen LogP contribution is 2.31. The van der Waals surface area contributed by atoms with Crippen LogP contribution in [0.3, 0.4) is 0 Å². The van der Waals surface area contributed by atoms with Gasteiger partial charge in [0.1, 0.15) is 0 Å². The highest BCUT2D eigenvalue weighted by Gasteiger charge is 2.21. The predicted octanol–water partition coefficient (Wildman–Crippen LogP) is 4.82. The van der Waals surface area contributed by atoms with Crippen LogP contribution in [0.15, 0.2) is 35.0 Å². The summed E-state index contributed by atoms with van der Waals surface area (Å²) in [7, 11) is 0. The van der Waals surface area contributed by atoms with Gasteiger partial charge in [-0.2, -0.15) is 0 Å². The smallest absolute Gasteiger partial charge is 0.0766 e. The van der Waals surface area contributed by atoms with E-state index in [4.69, 9.17) is 0 Å². The predicted molar refractivity (Wildman–Crippen MR) is 80.5 cm³/mol. The van der Waals surface area contributed by atoms with E-state index in [1.165, 1.54) is 41.9 Å². The third-order valence-electron chi connectivity index (χ3n) is 3.66. The van der Waals surface area contributed by atoms with Gasteiger partial charge < -0.3 is 5.32 Å². The summed E-state index contributed by atoms with van der Waals surface area (Å²) in [5.74, 6) is 0. The van der Waals surface area contributed by atoms with Gasteiger partial charge in [-0.05, 0) is 35.7 Å². The second-order valence-electron chi connectivity index (χ2n) is 4.97. The molecule has 0 aromatic carbocycles. The highest BCUT2D eigenvalue weighted by atomic mass is 32.1. The maximum absolute atomic E-state index is 3.88. The Morgan fingerprint density at radius 2 is 1.56 bits per heavy atom. The van der Waals surface area contributed by atoms with Crippen LogP contribution in [-0.4, -0.2) is 6.04 Å². The Balaban J connectivity index is 1.77. The molecule has 0 spiro atoms. The minimum absolute atomic E-state index is 0.410. The summed E-state index contributed by atoms with van der Waals surface area (Å²) in [5.41, 5.74) is 0. The number of nitrogens with one attached hydrogen (secondary N) is 1. The van der Waals surface area contributed by atoms with Gasteiger partial charge in [0, 0.05) is 15.8 Å². The Morgan fingerprint density at radius 1 is 0.944 bits per heavy atom. The van der Waals surface area contributed by atoms with Crippen LogP contribution in [0.25, 0.3) is 0 Å². The van der Waals surface area contributed by atoms with Crippen molar-refractivity contribution in [3.8, 4) is 0 Å². The van der Waals surface area contributed by atoms with Crippen LogP contribution in [0.2, 0.25) is 0 Å². The van der Waals surface area contributed by atoms with Crippen molar-refractivity contribution >= 4 is 22.7 Å². The number of hydrogen-bond acceptors (Lipinski definition) is 3. The highest BCUT2D eigenvalue weighted by molar-refractivity contribution is 7.11. The van der Waals surface area contributed by atoms with Crippen molar-refractivity contribution in [2.75, 3.05) is 0 Å². The van der Waals surface area contributed by atoms with Gasteiger partial charge in [-0.15, -0.1) is 22.7 Å². The fourth-order valence-corrected chi connectivity index (χ4v) is 4.40. The molecule has 0 aliphatic heterocycles. The van der Waals surface area contributed by atoms with Gasteiger partial charge in [-0.3, -0.25) is 0 Å². The Bertz CT molecular complexity index is 407. The minimum atomic E-state index is 0.410. The first-order valence-corrected chi connectivity index (χ1v) is 8.52. The van der Waals surface area contributed by atoms with E-state index in [9.17, 15) is 0 Å². The summed E-state index contributed by atoms with van der Waals surface area (Å²) in [6.07, 6.45) is 6.87. The first kappa shape index (κ1) is 12.4. The third kappa shape index (κ3) is 2.85. The summed E-state index contributed by atoms with van der Waals surface area (Å²) in [4.78, 5) is 2.89. The van der Waals surface area contributed by atoms with Crippen LogP contribution >= 0.6 is 22.7 Å². The first-order chi connectivity index (χ1) is 8.93. The zero-order valence-corrected chi connectivity index (χ0v) is 12.1. The normalized spacial score (nSPS) is 17.4. The quantitative estimate of drug-likeness (QED) is 0.844. The maximum atomic E-state index is 3.88. The van der Waals surface area contributed by atoms with E-state index in [1.54, 1.807) is 0 Å². The van der Waals surface area contributed by atoms with Crippen LogP contribution in [0.4, 0.5) is 0 Å². The Morgan fingerprint density at radius 3 is 2.06 bits per heavy atom. The minimum Gasteiger partial charge on any atom is -0.302 e. The molecule has 1 N–H and O–H groups in total. The van der Waals surface area contributed by atoms with Gasteiger partial charge in [0.2, 0.25) is 0 Å². The van der Waals surface area contributed by atoms with E-state index in [0.29, 0.717) is 12.1 Å². The van der Waals surface area contributed by atoms with Gasteiger partial charge in [0.05, 0.1) is 6.04 Å². The molecule has 1 nitrogen and oxygen atoms in total. The van der Waals surface area contributed by atoms with E-state index in [-0.39, 0.29) is 0 Å². The Labute approximate surface area is 117 Å². The second-order valence-corrected chi connectivity index (χ2v) is 6.92. The molecule has 2 aromatic rings. The topological polar surface area (TPSA) is 12.0 Å². The molecule has 96 valence electrons. The van der Waals surface area contributed by atoms with E-state index in [2.05, 4.69) is 40.3 Å². The van der Waals surface area contributed by atoms with Crippen LogP contribution in [0.5, 0.6) is 0 Å². The summed E-state index contributed by atoms with van der Waals surface area (Å²) >= 11 is 3.72. The molecule has 2 aromatic heterocycles. The molecule has 0 radical (unpaired) electrons. The van der Waals surface area contributed by atoms with E-state index in [0.717, 1.165) is 0 Å². The fourth-order valence-electron chi connectivity index (χ4n) is 2.72. The van der Waals surface area contributed by atoms with E-state index >= 15 is 0 Å². The molecular formula is C15H19NS2. The van der Waals surface area contributed by atoms with Crippen LogP contribution in [0, 0.1) is 0 Å². The molecule has 0 amide bonds. The van der Waals surface area contributed by atoms with Crippen molar-refractivity contribution in [1.82, 2.24) is 5.32 Å².